The van der Waals surface area contributed by atoms with E-state index in [4.69, 9.17) is 4.98 Å². The van der Waals surface area contributed by atoms with Crippen LogP contribution in [0, 0.1) is 0 Å². The lowest BCUT2D eigenvalue weighted by atomic mass is 10.00. The fourth-order valence-corrected chi connectivity index (χ4v) is 6.90. The fourth-order valence-electron chi connectivity index (χ4n) is 5.97. The van der Waals surface area contributed by atoms with Gasteiger partial charge in [-0.3, -0.25) is 4.57 Å². The summed E-state index contributed by atoms with van der Waals surface area (Å²) < 4.78 is 43.7. The summed E-state index contributed by atoms with van der Waals surface area (Å²) in [5.74, 6) is 0.673. The van der Waals surface area contributed by atoms with Crippen LogP contribution < -0.4 is 0 Å². The molecule has 2 aromatic heterocycles. The van der Waals surface area contributed by atoms with Crippen LogP contribution >= 0.6 is 11.3 Å². The first-order valence-electron chi connectivity index (χ1n) is 13.5. The first-order chi connectivity index (χ1) is 20.5. The van der Waals surface area contributed by atoms with Gasteiger partial charge in [-0.1, -0.05) is 91.0 Å². The van der Waals surface area contributed by atoms with Crippen LogP contribution in [0.2, 0.25) is 0 Å². The average Bonchev–Trinajstić information content (AvgIpc) is 3.67. The number of hydrogen-bond acceptors (Lipinski definition) is 2. The molecule has 0 aliphatic carbocycles. The van der Waals surface area contributed by atoms with Crippen LogP contribution in [-0.4, -0.2) is 9.55 Å². The van der Waals surface area contributed by atoms with Crippen molar-refractivity contribution >= 4 is 54.0 Å². The molecule has 6 aromatic carbocycles. The Labute approximate surface area is 242 Å². The van der Waals surface area contributed by atoms with Gasteiger partial charge < -0.3 is 0 Å². The molecule has 0 fully saturated rings. The van der Waals surface area contributed by atoms with Crippen LogP contribution in [0.5, 0.6) is 0 Å². The van der Waals surface area contributed by atoms with E-state index in [-0.39, 0.29) is 0 Å². The second-order valence-electron chi connectivity index (χ2n) is 10.3. The van der Waals surface area contributed by atoms with Gasteiger partial charge in [0, 0.05) is 26.7 Å². The van der Waals surface area contributed by atoms with E-state index in [0.29, 0.717) is 11.5 Å². The van der Waals surface area contributed by atoms with Crippen LogP contribution in [0.4, 0.5) is 13.2 Å². The van der Waals surface area contributed by atoms with Gasteiger partial charge in [-0.25, -0.2) is 4.98 Å². The smallest absolute Gasteiger partial charge is 0.292 e. The highest BCUT2D eigenvalue weighted by atomic mass is 32.1. The molecule has 0 aliphatic rings. The highest BCUT2D eigenvalue weighted by Crippen LogP contribution is 2.40. The number of thiophene rings is 1. The zero-order valence-electron chi connectivity index (χ0n) is 22.1. The largest absolute Gasteiger partial charge is 0.416 e. The van der Waals surface area contributed by atoms with Gasteiger partial charge in [0.15, 0.2) is 0 Å². The lowest BCUT2D eigenvalue weighted by molar-refractivity contribution is -0.137. The Bertz CT molecular complexity index is 2280. The number of benzene rings is 6. The molecule has 0 saturated carbocycles. The van der Waals surface area contributed by atoms with E-state index in [9.17, 15) is 13.2 Å². The average molecular weight is 571 g/mol. The molecule has 0 bridgehead atoms. The van der Waals surface area contributed by atoms with E-state index in [1.54, 1.807) is 11.3 Å². The van der Waals surface area contributed by atoms with Crippen LogP contribution in [0.15, 0.2) is 127 Å². The molecule has 0 amide bonds. The van der Waals surface area contributed by atoms with Crippen LogP contribution in [0.1, 0.15) is 5.56 Å². The monoisotopic (exact) mass is 570 g/mol. The normalized spacial score (nSPS) is 12.2. The van der Waals surface area contributed by atoms with E-state index >= 15 is 0 Å². The molecule has 42 heavy (non-hydrogen) atoms. The van der Waals surface area contributed by atoms with Crippen molar-refractivity contribution in [1.29, 1.82) is 0 Å². The fraction of sp³-hybridized carbons (Fsp3) is 0.0278. The van der Waals surface area contributed by atoms with Crippen molar-refractivity contribution in [1.82, 2.24) is 9.55 Å². The third-order valence-corrected chi connectivity index (χ3v) is 8.88. The van der Waals surface area contributed by atoms with Crippen LogP contribution in [-0.2, 0) is 6.18 Å². The number of fused-ring (bicyclic) bond motifs is 7. The standard InChI is InChI=1S/C36H21F3N2S/c37-36(38,39)25-16-18-26(19-17-25)41-33-31-10-4-2-8-29(31)28-7-1-3-9-30(28)32(33)40-35(41)24-14-12-22(13-15-24)27-11-5-6-23-20-21-42-34(23)27/h1-21H. The van der Waals surface area contributed by atoms with E-state index < -0.39 is 11.7 Å². The quantitative estimate of drug-likeness (QED) is 0.193. The minimum Gasteiger partial charge on any atom is -0.292 e. The highest BCUT2D eigenvalue weighted by Gasteiger charge is 2.30. The third-order valence-electron chi connectivity index (χ3n) is 7.92. The molecule has 0 unspecified atom stereocenters. The Morgan fingerprint density at radius 2 is 1.24 bits per heavy atom. The maximum absolute atomic E-state index is 13.5. The molecule has 0 radical (unpaired) electrons. The number of rotatable bonds is 3. The molecule has 6 heteroatoms. The topological polar surface area (TPSA) is 17.8 Å². The molecular formula is C36H21F3N2S. The maximum atomic E-state index is 13.5. The Morgan fingerprint density at radius 3 is 1.95 bits per heavy atom. The second kappa shape index (κ2) is 9.29. The summed E-state index contributed by atoms with van der Waals surface area (Å²) in [6, 6.07) is 38.4. The summed E-state index contributed by atoms with van der Waals surface area (Å²) in [5.41, 5.74) is 4.76. The molecule has 0 aliphatic heterocycles. The molecule has 0 spiro atoms. The molecule has 202 valence electrons. The summed E-state index contributed by atoms with van der Waals surface area (Å²) in [6.45, 7) is 0. The summed E-state index contributed by atoms with van der Waals surface area (Å²) in [6.07, 6.45) is -4.41. The van der Waals surface area contributed by atoms with E-state index in [2.05, 4.69) is 66.0 Å². The Kier molecular flexibility index (Phi) is 5.49. The molecule has 2 nitrogen and oxygen atoms in total. The summed E-state index contributed by atoms with van der Waals surface area (Å²) in [4.78, 5) is 5.20. The SMILES string of the molecule is FC(F)(F)c1ccc(-n2c(-c3ccc(-c4cccc5ccsc45)cc3)nc3c4ccccc4c4ccccc4c32)cc1. The number of hydrogen-bond donors (Lipinski definition) is 0. The first-order valence-corrected chi connectivity index (χ1v) is 14.4. The van der Waals surface area contributed by atoms with Crippen molar-refractivity contribution < 1.29 is 13.2 Å². The lowest BCUT2D eigenvalue weighted by Crippen LogP contribution is -2.05. The van der Waals surface area contributed by atoms with Gasteiger partial charge in [0.05, 0.1) is 16.6 Å². The predicted octanol–water partition coefficient (Wildman–Crippen LogP) is 10.9. The second-order valence-corrected chi connectivity index (χ2v) is 11.2. The maximum Gasteiger partial charge on any atom is 0.416 e. The van der Waals surface area contributed by atoms with Crippen molar-refractivity contribution in [2.75, 3.05) is 0 Å². The molecule has 0 saturated heterocycles. The van der Waals surface area contributed by atoms with Crippen molar-refractivity contribution in [3.63, 3.8) is 0 Å². The molecule has 0 atom stereocenters. The summed E-state index contributed by atoms with van der Waals surface area (Å²) in [7, 11) is 0. The number of imidazole rings is 1. The van der Waals surface area contributed by atoms with Crippen molar-refractivity contribution in [3.05, 3.63) is 132 Å². The minimum atomic E-state index is -4.41. The van der Waals surface area contributed by atoms with Gasteiger partial charge in [0.1, 0.15) is 5.82 Å². The van der Waals surface area contributed by atoms with Crippen molar-refractivity contribution in [2.45, 2.75) is 6.18 Å². The predicted molar refractivity (Wildman–Crippen MR) is 167 cm³/mol. The van der Waals surface area contributed by atoms with Crippen molar-refractivity contribution in [2.24, 2.45) is 0 Å². The van der Waals surface area contributed by atoms with Gasteiger partial charge in [-0.05, 0) is 63.0 Å². The van der Waals surface area contributed by atoms with Gasteiger partial charge in [-0.15, -0.1) is 11.3 Å². The Hall–Kier alpha value is -4.94. The minimum absolute atomic E-state index is 0.619. The Morgan fingerprint density at radius 1 is 0.595 bits per heavy atom. The lowest BCUT2D eigenvalue weighted by Gasteiger charge is -2.14. The van der Waals surface area contributed by atoms with Crippen molar-refractivity contribution in [3.8, 4) is 28.2 Å². The first kappa shape index (κ1) is 24.8. The Balaban J connectivity index is 1.41. The number of halogens is 3. The van der Waals surface area contributed by atoms with E-state index in [1.165, 1.54) is 27.8 Å². The van der Waals surface area contributed by atoms with Crippen LogP contribution in [0.3, 0.4) is 0 Å². The van der Waals surface area contributed by atoms with E-state index in [1.807, 2.05) is 41.0 Å². The van der Waals surface area contributed by atoms with Gasteiger partial charge in [-0.2, -0.15) is 13.2 Å². The van der Waals surface area contributed by atoms with E-state index in [0.717, 1.165) is 55.8 Å². The molecule has 2 heterocycles. The van der Waals surface area contributed by atoms with Gasteiger partial charge >= 0.3 is 6.18 Å². The zero-order chi connectivity index (χ0) is 28.4. The van der Waals surface area contributed by atoms with Crippen LogP contribution in [0.25, 0.3) is 70.9 Å². The summed E-state index contributed by atoms with van der Waals surface area (Å²) in [5, 5.41) is 7.46. The molecular weight excluding hydrogens is 549 g/mol. The number of alkyl halides is 3. The highest BCUT2D eigenvalue weighted by molar-refractivity contribution is 7.17. The summed E-state index contributed by atoms with van der Waals surface area (Å²) >= 11 is 1.72. The number of aromatic nitrogens is 2. The third kappa shape index (κ3) is 3.83. The van der Waals surface area contributed by atoms with Gasteiger partial charge in [0.25, 0.3) is 0 Å². The zero-order valence-corrected chi connectivity index (χ0v) is 22.9. The molecule has 8 rings (SSSR count). The molecule has 0 N–H and O–H groups in total. The van der Waals surface area contributed by atoms with Gasteiger partial charge in [0.2, 0.25) is 0 Å². The molecule has 8 aromatic rings. The number of nitrogens with zero attached hydrogens (tertiary/aromatic N) is 2.